The summed E-state index contributed by atoms with van der Waals surface area (Å²) in [7, 11) is 1.61. The molecule has 1 aromatic heterocycles. The van der Waals surface area contributed by atoms with E-state index >= 15 is 0 Å². The number of benzene rings is 2. The van der Waals surface area contributed by atoms with Gasteiger partial charge in [0.05, 0.1) is 19.9 Å². The Morgan fingerprint density at radius 3 is 2.68 bits per heavy atom. The Balaban J connectivity index is 1.48. The maximum atomic E-state index is 11.9. The van der Waals surface area contributed by atoms with Gasteiger partial charge in [-0.1, -0.05) is 42.5 Å². The molecule has 0 atom stereocenters. The lowest BCUT2D eigenvalue weighted by Gasteiger charge is -2.07. The van der Waals surface area contributed by atoms with Crippen molar-refractivity contribution in [1.29, 1.82) is 0 Å². The Morgan fingerprint density at radius 2 is 1.88 bits per heavy atom. The molecule has 2 aromatic carbocycles. The van der Waals surface area contributed by atoms with Crippen molar-refractivity contribution in [2.75, 3.05) is 7.11 Å². The van der Waals surface area contributed by atoms with Gasteiger partial charge < -0.3 is 19.8 Å². The van der Waals surface area contributed by atoms with Gasteiger partial charge in [0.15, 0.2) is 5.76 Å². The number of oxazole rings is 1. The fourth-order valence-corrected chi connectivity index (χ4v) is 2.31. The van der Waals surface area contributed by atoms with Crippen LogP contribution in [-0.2, 0) is 13.1 Å². The van der Waals surface area contributed by atoms with Crippen molar-refractivity contribution in [1.82, 2.24) is 15.6 Å². The monoisotopic (exact) mass is 337 g/mol. The highest BCUT2D eigenvalue weighted by molar-refractivity contribution is 5.73. The molecule has 0 spiro atoms. The molecule has 0 unspecified atom stereocenters. The molecule has 25 heavy (non-hydrogen) atoms. The lowest BCUT2D eigenvalue weighted by Crippen LogP contribution is -2.34. The number of urea groups is 1. The molecule has 0 saturated heterocycles. The van der Waals surface area contributed by atoms with Crippen LogP contribution in [0.25, 0.3) is 11.3 Å². The topological polar surface area (TPSA) is 76.4 Å². The van der Waals surface area contributed by atoms with E-state index in [9.17, 15) is 4.79 Å². The van der Waals surface area contributed by atoms with Gasteiger partial charge >= 0.3 is 6.03 Å². The number of carbonyl (C=O) groups excluding carboxylic acids is 1. The first-order chi connectivity index (χ1) is 12.2. The highest BCUT2D eigenvalue weighted by Gasteiger charge is 2.07. The largest absolute Gasteiger partial charge is 0.497 e. The average Bonchev–Trinajstić information content (AvgIpc) is 3.15. The van der Waals surface area contributed by atoms with Crippen LogP contribution < -0.4 is 15.4 Å². The van der Waals surface area contributed by atoms with Crippen LogP contribution in [0.4, 0.5) is 4.79 Å². The second-order valence-corrected chi connectivity index (χ2v) is 5.37. The first kappa shape index (κ1) is 16.6. The number of amides is 2. The zero-order valence-corrected chi connectivity index (χ0v) is 13.9. The number of aromatic nitrogens is 1. The van der Waals surface area contributed by atoms with E-state index in [1.165, 1.54) is 0 Å². The minimum atomic E-state index is -0.290. The summed E-state index contributed by atoms with van der Waals surface area (Å²) >= 11 is 0. The van der Waals surface area contributed by atoms with Crippen molar-refractivity contribution in [3.63, 3.8) is 0 Å². The SMILES string of the molecule is COc1cccc(CNC(=O)NCc2ncc(-c3ccccc3)o2)c1. The molecule has 6 heteroatoms. The summed E-state index contributed by atoms with van der Waals surface area (Å²) < 4.78 is 10.8. The van der Waals surface area contributed by atoms with Gasteiger partial charge in [-0.25, -0.2) is 9.78 Å². The number of hydrogen-bond acceptors (Lipinski definition) is 4. The van der Waals surface area contributed by atoms with E-state index in [2.05, 4.69) is 15.6 Å². The summed E-state index contributed by atoms with van der Waals surface area (Å²) in [6, 6.07) is 16.9. The van der Waals surface area contributed by atoms with Gasteiger partial charge in [-0.2, -0.15) is 0 Å². The number of hydrogen-bond donors (Lipinski definition) is 2. The molecule has 1 heterocycles. The van der Waals surface area contributed by atoms with E-state index in [1.54, 1.807) is 13.3 Å². The van der Waals surface area contributed by atoms with Crippen molar-refractivity contribution >= 4 is 6.03 Å². The number of ether oxygens (including phenoxy) is 1. The molecule has 0 radical (unpaired) electrons. The molecule has 0 fully saturated rings. The summed E-state index contributed by atoms with van der Waals surface area (Å²) in [4.78, 5) is 16.1. The third-order valence-corrected chi connectivity index (χ3v) is 3.60. The fourth-order valence-electron chi connectivity index (χ4n) is 2.31. The Hall–Kier alpha value is -3.28. The standard InChI is InChI=1S/C19H19N3O3/c1-24-16-9-5-6-14(10-16)11-21-19(23)22-13-18-20-12-17(25-18)15-7-3-2-4-8-15/h2-10,12H,11,13H2,1H3,(H2,21,22,23). The number of methoxy groups -OCH3 is 1. The first-order valence-electron chi connectivity index (χ1n) is 7.89. The van der Waals surface area contributed by atoms with Gasteiger partial charge in [0, 0.05) is 12.1 Å². The van der Waals surface area contributed by atoms with Crippen molar-refractivity contribution in [3.8, 4) is 17.1 Å². The van der Waals surface area contributed by atoms with Crippen molar-refractivity contribution in [2.45, 2.75) is 13.1 Å². The van der Waals surface area contributed by atoms with E-state index in [1.807, 2.05) is 54.6 Å². The molecule has 0 aliphatic heterocycles. The van der Waals surface area contributed by atoms with Crippen LogP contribution in [0.3, 0.4) is 0 Å². The molecule has 2 amide bonds. The van der Waals surface area contributed by atoms with Crippen molar-refractivity contribution in [3.05, 3.63) is 72.2 Å². The summed E-state index contributed by atoms with van der Waals surface area (Å²) in [5.41, 5.74) is 1.90. The van der Waals surface area contributed by atoms with Crippen LogP contribution in [0, 0.1) is 0 Å². The van der Waals surface area contributed by atoms with Crippen LogP contribution in [0.5, 0.6) is 5.75 Å². The highest BCUT2D eigenvalue weighted by Crippen LogP contribution is 2.19. The maximum absolute atomic E-state index is 11.9. The molecule has 3 rings (SSSR count). The van der Waals surface area contributed by atoms with Gasteiger partial charge in [0.2, 0.25) is 5.89 Å². The Kier molecular flexibility index (Phi) is 5.31. The van der Waals surface area contributed by atoms with Gasteiger partial charge in [-0.15, -0.1) is 0 Å². The Morgan fingerprint density at radius 1 is 1.08 bits per heavy atom. The van der Waals surface area contributed by atoms with Crippen LogP contribution in [0.15, 0.2) is 65.2 Å². The molecule has 128 valence electrons. The minimum Gasteiger partial charge on any atom is -0.497 e. The van der Waals surface area contributed by atoms with Crippen LogP contribution in [-0.4, -0.2) is 18.1 Å². The quantitative estimate of drug-likeness (QED) is 0.723. The van der Waals surface area contributed by atoms with E-state index in [-0.39, 0.29) is 12.6 Å². The molecular formula is C19H19N3O3. The van der Waals surface area contributed by atoms with Gasteiger partial charge in [0.25, 0.3) is 0 Å². The molecule has 3 aromatic rings. The van der Waals surface area contributed by atoms with Crippen molar-refractivity contribution < 1.29 is 13.9 Å². The Labute approximate surface area is 145 Å². The summed E-state index contributed by atoms with van der Waals surface area (Å²) in [5.74, 6) is 1.89. The number of rotatable bonds is 6. The lowest BCUT2D eigenvalue weighted by atomic mass is 10.2. The van der Waals surface area contributed by atoms with Gasteiger partial charge in [0.1, 0.15) is 5.75 Å². The molecule has 0 saturated carbocycles. The Bertz CT molecular complexity index is 831. The second kappa shape index (κ2) is 8.01. The third kappa shape index (κ3) is 4.60. The second-order valence-electron chi connectivity index (χ2n) is 5.37. The third-order valence-electron chi connectivity index (χ3n) is 3.60. The van der Waals surface area contributed by atoms with Gasteiger partial charge in [-0.3, -0.25) is 0 Å². The predicted molar refractivity (Wildman–Crippen MR) is 94.0 cm³/mol. The molecule has 0 bridgehead atoms. The highest BCUT2D eigenvalue weighted by atomic mass is 16.5. The van der Waals surface area contributed by atoms with E-state index in [0.717, 1.165) is 16.9 Å². The molecule has 2 N–H and O–H groups in total. The number of nitrogens with one attached hydrogen (secondary N) is 2. The van der Waals surface area contributed by atoms with Crippen LogP contribution in [0.1, 0.15) is 11.5 Å². The smallest absolute Gasteiger partial charge is 0.315 e. The van der Waals surface area contributed by atoms with E-state index < -0.39 is 0 Å². The van der Waals surface area contributed by atoms with Crippen LogP contribution in [0.2, 0.25) is 0 Å². The van der Waals surface area contributed by atoms with Gasteiger partial charge in [-0.05, 0) is 17.7 Å². The molecule has 0 aliphatic rings. The van der Waals surface area contributed by atoms with E-state index in [4.69, 9.17) is 9.15 Å². The fraction of sp³-hybridized carbons (Fsp3) is 0.158. The summed E-state index contributed by atoms with van der Waals surface area (Å²) in [5, 5.41) is 5.51. The first-order valence-corrected chi connectivity index (χ1v) is 7.89. The lowest BCUT2D eigenvalue weighted by molar-refractivity contribution is 0.239. The molecule has 6 nitrogen and oxygen atoms in total. The zero-order valence-electron chi connectivity index (χ0n) is 13.9. The summed E-state index contributed by atoms with van der Waals surface area (Å²) in [6.07, 6.45) is 1.65. The number of carbonyl (C=O) groups is 1. The number of nitrogens with zero attached hydrogens (tertiary/aromatic N) is 1. The molecular weight excluding hydrogens is 318 g/mol. The normalized spacial score (nSPS) is 10.3. The molecule has 0 aliphatic carbocycles. The van der Waals surface area contributed by atoms with E-state index in [0.29, 0.717) is 18.2 Å². The average molecular weight is 337 g/mol. The minimum absolute atomic E-state index is 0.219. The predicted octanol–water partition coefficient (Wildman–Crippen LogP) is 3.35. The zero-order chi connectivity index (χ0) is 17.5. The maximum Gasteiger partial charge on any atom is 0.315 e. The van der Waals surface area contributed by atoms with Crippen molar-refractivity contribution in [2.24, 2.45) is 0 Å². The van der Waals surface area contributed by atoms with Crippen LogP contribution >= 0.6 is 0 Å². The summed E-state index contributed by atoms with van der Waals surface area (Å²) in [6.45, 7) is 0.626.